The van der Waals surface area contributed by atoms with Crippen LogP contribution in [0, 0.1) is 6.92 Å². The largest absolute Gasteiger partial charge is 0.459 e. The third kappa shape index (κ3) is 3.91. The highest BCUT2D eigenvalue weighted by atomic mass is 16.6. The number of esters is 1. The topological polar surface area (TPSA) is 68.5 Å². The van der Waals surface area contributed by atoms with Crippen molar-refractivity contribution in [3.05, 3.63) is 23.7 Å². The highest BCUT2D eigenvalue weighted by Gasteiger charge is 2.24. The predicted molar refractivity (Wildman–Crippen MR) is 66.2 cm³/mol. The molecule has 1 heterocycles. The molecule has 0 bridgehead atoms. The van der Waals surface area contributed by atoms with Gasteiger partial charge in [0.05, 0.1) is 6.26 Å². The monoisotopic (exact) mass is 253 g/mol. The second-order valence-corrected chi connectivity index (χ2v) is 5.16. The van der Waals surface area contributed by atoms with Crippen LogP contribution in [0.5, 0.6) is 0 Å². The van der Waals surface area contributed by atoms with E-state index in [9.17, 15) is 9.59 Å². The first-order valence-electron chi connectivity index (χ1n) is 5.78. The Hall–Kier alpha value is -1.78. The maximum absolute atomic E-state index is 11.8. The fraction of sp³-hybridized carbons (Fsp3) is 0.538. The van der Waals surface area contributed by atoms with Crippen molar-refractivity contribution in [3.63, 3.8) is 0 Å². The van der Waals surface area contributed by atoms with E-state index in [-0.39, 0.29) is 5.76 Å². The zero-order chi connectivity index (χ0) is 13.9. The van der Waals surface area contributed by atoms with E-state index in [1.165, 1.54) is 6.26 Å². The summed E-state index contributed by atoms with van der Waals surface area (Å²) in [6, 6.07) is 0.966. The second-order valence-electron chi connectivity index (χ2n) is 5.16. The van der Waals surface area contributed by atoms with Crippen molar-refractivity contribution < 1.29 is 18.7 Å². The van der Waals surface area contributed by atoms with Crippen molar-refractivity contribution in [2.24, 2.45) is 0 Å². The summed E-state index contributed by atoms with van der Waals surface area (Å²) < 4.78 is 10.2. The van der Waals surface area contributed by atoms with Gasteiger partial charge in [0.15, 0.2) is 5.76 Å². The number of ether oxygens (including phenoxy) is 1. The molecule has 1 atom stereocenters. The average Bonchev–Trinajstić information content (AvgIpc) is 2.61. The number of nitrogens with one attached hydrogen (secondary N) is 1. The Balaban J connectivity index is 2.60. The van der Waals surface area contributed by atoms with Crippen LogP contribution in [-0.2, 0) is 9.53 Å². The third-order valence-electron chi connectivity index (χ3n) is 2.18. The molecule has 5 nitrogen and oxygen atoms in total. The van der Waals surface area contributed by atoms with Gasteiger partial charge in [0.2, 0.25) is 0 Å². The normalized spacial score (nSPS) is 12.9. The van der Waals surface area contributed by atoms with Crippen molar-refractivity contribution in [1.29, 1.82) is 0 Å². The SMILES string of the molecule is Cc1ccoc1C(=O)N[C@H](C)C(=O)OC(C)(C)C. The summed E-state index contributed by atoms with van der Waals surface area (Å²) in [6.07, 6.45) is 1.43. The average molecular weight is 253 g/mol. The Morgan fingerprint density at radius 2 is 2.00 bits per heavy atom. The van der Waals surface area contributed by atoms with Crippen LogP contribution >= 0.6 is 0 Å². The fourth-order valence-electron chi connectivity index (χ4n) is 1.32. The van der Waals surface area contributed by atoms with Gasteiger partial charge in [-0.05, 0) is 40.7 Å². The zero-order valence-corrected chi connectivity index (χ0v) is 11.4. The molecule has 0 aliphatic rings. The summed E-state index contributed by atoms with van der Waals surface area (Å²) >= 11 is 0. The number of carbonyl (C=O) groups excluding carboxylic acids is 2. The molecule has 0 aliphatic heterocycles. The molecule has 0 aliphatic carbocycles. The summed E-state index contributed by atoms with van der Waals surface area (Å²) in [7, 11) is 0. The molecule has 0 saturated heterocycles. The van der Waals surface area contributed by atoms with Gasteiger partial charge in [-0.2, -0.15) is 0 Å². The van der Waals surface area contributed by atoms with Gasteiger partial charge < -0.3 is 14.5 Å². The quantitative estimate of drug-likeness (QED) is 0.837. The smallest absolute Gasteiger partial charge is 0.328 e. The Bertz CT molecular complexity index is 442. The lowest BCUT2D eigenvalue weighted by Crippen LogP contribution is -2.42. The molecule has 1 aromatic heterocycles. The first-order chi connectivity index (χ1) is 8.20. The standard InChI is InChI=1S/C13H19NO4/c1-8-6-7-17-10(8)11(15)14-9(2)12(16)18-13(3,4)5/h6-7,9H,1-5H3,(H,14,15)/t9-/m1/s1. The molecular formula is C13H19NO4. The summed E-state index contributed by atoms with van der Waals surface area (Å²) in [5, 5.41) is 2.54. The van der Waals surface area contributed by atoms with Crippen LogP contribution in [0.1, 0.15) is 43.8 Å². The summed E-state index contributed by atoms with van der Waals surface area (Å²) in [4.78, 5) is 23.5. The summed E-state index contributed by atoms with van der Waals surface area (Å²) in [5.74, 6) is -0.679. The van der Waals surface area contributed by atoms with E-state index >= 15 is 0 Å². The molecule has 1 N–H and O–H groups in total. The minimum absolute atomic E-state index is 0.213. The van der Waals surface area contributed by atoms with Crippen LogP contribution in [0.15, 0.2) is 16.7 Å². The highest BCUT2D eigenvalue weighted by molar-refractivity contribution is 5.95. The molecular weight excluding hydrogens is 234 g/mol. The number of aryl methyl sites for hydroxylation is 1. The Morgan fingerprint density at radius 3 is 2.44 bits per heavy atom. The van der Waals surface area contributed by atoms with Crippen molar-refractivity contribution in [2.45, 2.75) is 46.3 Å². The van der Waals surface area contributed by atoms with Gasteiger partial charge in [-0.1, -0.05) is 0 Å². The first-order valence-corrected chi connectivity index (χ1v) is 5.78. The summed E-state index contributed by atoms with van der Waals surface area (Å²) in [5.41, 5.74) is 0.153. The minimum Gasteiger partial charge on any atom is -0.459 e. The van der Waals surface area contributed by atoms with Gasteiger partial charge in [0, 0.05) is 5.56 Å². The molecule has 1 rings (SSSR count). The first kappa shape index (κ1) is 14.3. The Morgan fingerprint density at radius 1 is 1.39 bits per heavy atom. The summed E-state index contributed by atoms with van der Waals surface area (Å²) in [6.45, 7) is 8.66. The number of carbonyl (C=O) groups is 2. The van der Waals surface area contributed by atoms with Crippen molar-refractivity contribution in [1.82, 2.24) is 5.32 Å². The molecule has 0 aromatic carbocycles. The molecule has 100 valence electrons. The predicted octanol–water partition coefficient (Wildman–Crippen LogP) is 2.05. The maximum Gasteiger partial charge on any atom is 0.328 e. The van der Waals surface area contributed by atoms with E-state index in [0.29, 0.717) is 0 Å². The van der Waals surface area contributed by atoms with Crippen LogP contribution in [0.3, 0.4) is 0 Å². The Kier molecular flexibility index (Phi) is 4.16. The maximum atomic E-state index is 11.8. The lowest BCUT2D eigenvalue weighted by Gasteiger charge is -2.22. The lowest BCUT2D eigenvalue weighted by atomic mass is 10.2. The molecule has 0 fully saturated rings. The van der Waals surface area contributed by atoms with E-state index in [0.717, 1.165) is 5.56 Å². The van der Waals surface area contributed by atoms with E-state index in [2.05, 4.69) is 5.32 Å². The second kappa shape index (κ2) is 5.25. The number of furan rings is 1. The van der Waals surface area contributed by atoms with Crippen molar-refractivity contribution in [2.75, 3.05) is 0 Å². The Labute approximate surface area is 106 Å². The van der Waals surface area contributed by atoms with E-state index in [1.54, 1.807) is 40.7 Å². The van der Waals surface area contributed by atoms with E-state index in [4.69, 9.17) is 9.15 Å². The zero-order valence-electron chi connectivity index (χ0n) is 11.4. The molecule has 0 saturated carbocycles. The molecule has 1 amide bonds. The van der Waals surface area contributed by atoms with Crippen LogP contribution in [0.2, 0.25) is 0 Å². The lowest BCUT2D eigenvalue weighted by molar-refractivity contribution is -0.156. The van der Waals surface area contributed by atoms with Crippen LogP contribution < -0.4 is 5.32 Å². The minimum atomic E-state index is -0.721. The van der Waals surface area contributed by atoms with Crippen molar-refractivity contribution in [3.8, 4) is 0 Å². The highest BCUT2D eigenvalue weighted by Crippen LogP contribution is 2.10. The van der Waals surface area contributed by atoms with Gasteiger partial charge in [-0.15, -0.1) is 0 Å². The third-order valence-corrected chi connectivity index (χ3v) is 2.18. The molecule has 1 aromatic rings. The number of hydrogen-bond donors (Lipinski definition) is 1. The van der Waals surface area contributed by atoms with Crippen LogP contribution in [0.25, 0.3) is 0 Å². The number of rotatable bonds is 3. The van der Waals surface area contributed by atoms with Gasteiger partial charge in [0.1, 0.15) is 11.6 Å². The van der Waals surface area contributed by atoms with Gasteiger partial charge in [-0.3, -0.25) is 4.79 Å². The molecule has 5 heteroatoms. The number of amides is 1. The molecule has 0 spiro atoms. The van der Waals surface area contributed by atoms with E-state index < -0.39 is 23.5 Å². The fourth-order valence-corrected chi connectivity index (χ4v) is 1.32. The van der Waals surface area contributed by atoms with Gasteiger partial charge in [-0.25, -0.2) is 4.79 Å². The van der Waals surface area contributed by atoms with E-state index in [1.807, 2.05) is 0 Å². The van der Waals surface area contributed by atoms with Crippen molar-refractivity contribution >= 4 is 11.9 Å². The molecule has 0 radical (unpaired) electrons. The molecule has 0 unspecified atom stereocenters. The van der Waals surface area contributed by atoms with Crippen LogP contribution in [-0.4, -0.2) is 23.5 Å². The number of hydrogen-bond acceptors (Lipinski definition) is 4. The van der Waals surface area contributed by atoms with Gasteiger partial charge >= 0.3 is 5.97 Å². The van der Waals surface area contributed by atoms with Crippen LogP contribution in [0.4, 0.5) is 0 Å². The van der Waals surface area contributed by atoms with Gasteiger partial charge in [0.25, 0.3) is 5.91 Å². The molecule has 18 heavy (non-hydrogen) atoms.